The molecule has 3 aromatic rings. The van der Waals surface area contributed by atoms with Crippen LogP contribution in [-0.4, -0.2) is 36.5 Å². The summed E-state index contributed by atoms with van der Waals surface area (Å²) in [6, 6.07) is 13.7. The van der Waals surface area contributed by atoms with Gasteiger partial charge in [0.15, 0.2) is 0 Å². The van der Waals surface area contributed by atoms with Crippen LogP contribution in [0.4, 0.5) is 10.1 Å². The SMILES string of the molecule is CCNc1cc(-c2ccc(F)cc2)nc2cc(C(=O)NCCCC3=NNCN3)ccc12. The molecule has 8 heteroatoms. The highest BCUT2D eigenvalue weighted by atomic mass is 19.1. The van der Waals surface area contributed by atoms with Crippen molar-refractivity contribution in [3.05, 3.63) is 59.9 Å². The summed E-state index contributed by atoms with van der Waals surface area (Å²) >= 11 is 0. The van der Waals surface area contributed by atoms with Crippen LogP contribution in [0, 0.1) is 5.82 Å². The highest BCUT2D eigenvalue weighted by Crippen LogP contribution is 2.29. The van der Waals surface area contributed by atoms with Gasteiger partial charge >= 0.3 is 0 Å². The maximum Gasteiger partial charge on any atom is 0.251 e. The smallest absolute Gasteiger partial charge is 0.251 e. The Hall–Kier alpha value is -3.68. The number of hydrogen-bond acceptors (Lipinski definition) is 6. The maximum atomic E-state index is 13.3. The number of benzene rings is 2. The Morgan fingerprint density at radius 3 is 2.74 bits per heavy atom. The second kappa shape index (κ2) is 9.42. The molecule has 31 heavy (non-hydrogen) atoms. The second-order valence-corrected chi connectivity index (χ2v) is 7.25. The summed E-state index contributed by atoms with van der Waals surface area (Å²) in [5.41, 5.74) is 6.58. The Morgan fingerprint density at radius 2 is 2.00 bits per heavy atom. The molecule has 4 N–H and O–H groups in total. The van der Waals surface area contributed by atoms with Gasteiger partial charge in [-0.25, -0.2) is 9.37 Å². The molecule has 1 aliphatic rings. The molecule has 0 fully saturated rings. The van der Waals surface area contributed by atoms with Gasteiger partial charge in [-0.1, -0.05) is 0 Å². The summed E-state index contributed by atoms with van der Waals surface area (Å²) in [5, 5.41) is 14.5. The lowest BCUT2D eigenvalue weighted by Gasteiger charge is -2.12. The number of amides is 1. The summed E-state index contributed by atoms with van der Waals surface area (Å²) in [6.45, 7) is 3.98. The summed E-state index contributed by atoms with van der Waals surface area (Å²) in [4.78, 5) is 17.4. The first kappa shape index (κ1) is 20.6. The van der Waals surface area contributed by atoms with Crippen molar-refractivity contribution < 1.29 is 9.18 Å². The molecule has 0 aliphatic carbocycles. The molecule has 0 saturated heterocycles. The third kappa shape index (κ3) is 4.91. The number of carbonyl (C=O) groups is 1. The number of carbonyl (C=O) groups excluding carboxylic acids is 1. The van der Waals surface area contributed by atoms with E-state index in [4.69, 9.17) is 4.98 Å². The largest absolute Gasteiger partial charge is 0.385 e. The Labute approximate surface area is 180 Å². The van der Waals surface area contributed by atoms with Gasteiger partial charge in [-0.2, -0.15) is 5.10 Å². The van der Waals surface area contributed by atoms with E-state index in [9.17, 15) is 9.18 Å². The number of nitrogens with one attached hydrogen (secondary N) is 4. The van der Waals surface area contributed by atoms with Crippen LogP contribution in [0.25, 0.3) is 22.2 Å². The van der Waals surface area contributed by atoms with Crippen molar-refractivity contribution in [1.29, 1.82) is 0 Å². The zero-order valence-electron chi connectivity index (χ0n) is 17.3. The van der Waals surface area contributed by atoms with Crippen molar-refractivity contribution in [2.45, 2.75) is 19.8 Å². The van der Waals surface area contributed by atoms with Crippen molar-refractivity contribution in [2.75, 3.05) is 25.1 Å². The van der Waals surface area contributed by atoms with Crippen LogP contribution in [0.5, 0.6) is 0 Å². The predicted molar refractivity (Wildman–Crippen MR) is 121 cm³/mol. The molecule has 0 unspecified atom stereocenters. The van der Waals surface area contributed by atoms with E-state index in [0.29, 0.717) is 24.3 Å². The Bertz CT molecular complexity index is 1110. The van der Waals surface area contributed by atoms with Gasteiger partial charge in [0.05, 0.1) is 11.2 Å². The van der Waals surface area contributed by atoms with Crippen LogP contribution in [0.3, 0.4) is 0 Å². The number of amidine groups is 1. The van der Waals surface area contributed by atoms with Crippen LogP contribution in [0.15, 0.2) is 53.6 Å². The first-order valence-electron chi connectivity index (χ1n) is 10.4. The van der Waals surface area contributed by atoms with E-state index in [2.05, 4.69) is 26.5 Å². The van der Waals surface area contributed by atoms with Crippen LogP contribution < -0.4 is 21.4 Å². The van der Waals surface area contributed by atoms with Gasteiger partial charge in [0.25, 0.3) is 5.91 Å². The number of rotatable bonds is 8. The van der Waals surface area contributed by atoms with Crippen LogP contribution in [-0.2, 0) is 0 Å². The average Bonchev–Trinajstić information content (AvgIpc) is 3.30. The molecule has 0 atom stereocenters. The lowest BCUT2D eigenvalue weighted by molar-refractivity contribution is 0.0953. The van der Waals surface area contributed by atoms with E-state index < -0.39 is 0 Å². The predicted octanol–water partition coefficient (Wildman–Crippen LogP) is 3.45. The van der Waals surface area contributed by atoms with Crippen molar-refractivity contribution in [3.8, 4) is 11.3 Å². The quantitative estimate of drug-likeness (QED) is 0.419. The molecule has 2 aromatic carbocycles. The third-order valence-electron chi connectivity index (χ3n) is 5.04. The molecule has 7 nitrogen and oxygen atoms in total. The van der Waals surface area contributed by atoms with Gasteiger partial charge in [0.1, 0.15) is 18.3 Å². The standard InChI is InChI=1S/C23H25FN6O/c1-2-25-20-13-19(15-5-8-17(24)9-6-15)29-21-12-16(7-10-18(20)21)23(31)26-11-3-4-22-27-14-28-30-22/h5-10,12-13,28H,2-4,11,14H2,1H3,(H,25,29)(H,26,31)(H,27,30). The number of fused-ring (bicyclic) bond motifs is 1. The maximum absolute atomic E-state index is 13.3. The van der Waals surface area contributed by atoms with E-state index in [-0.39, 0.29) is 11.7 Å². The van der Waals surface area contributed by atoms with Gasteiger partial charge in [-0.05, 0) is 61.9 Å². The number of hydrogen-bond donors (Lipinski definition) is 4. The Morgan fingerprint density at radius 1 is 1.16 bits per heavy atom. The molecule has 1 aliphatic heterocycles. The summed E-state index contributed by atoms with van der Waals surface area (Å²) in [5.74, 6) is 0.483. The monoisotopic (exact) mass is 420 g/mol. The lowest BCUT2D eigenvalue weighted by Crippen LogP contribution is -2.26. The van der Waals surface area contributed by atoms with E-state index in [1.165, 1.54) is 12.1 Å². The molecule has 1 aromatic heterocycles. The number of aromatic nitrogens is 1. The minimum atomic E-state index is -0.289. The Kier molecular flexibility index (Phi) is 6.26. The minimum absolute atomic E-state index is 0.139. The normalized spacial score (nSPS) is 12.8. The van der Waals surface area contributed by atoms with E-state index in [1.54, 1.807) is 18.2 Å². The molecule has 1 amide bonds. The van der Waals surface area contributed by atoms with Crippen molar-refractivity contribution in [1.82, 2.24) is 21.0 Å². The van der Waals surface area contributed by atoms with Gasteiger partial charge in [0.2, 0.25) is 0 Å². The summed E-state index contributed by atoms with van der Waals surface area (Å²) < 4.78 is 13.3. The Balaban J connectivity index is 1.54. The number of hydrazone groups is 1. The molecule has 0 bridgehead atoms. The second-order valence-electron chi connectivity index (χ2n) is 7.25. The average molecular weight is 420 g/mol. The van der Waals surface area contributed by atoms with Gasteiger partial charge in [0, 0.05) is 41.7 Å². The first-order chi connectivity index (χ1) is 15.1. The lowest BCUT2D eigenvalue weighted by atomic mass is 10.1. The summed E-state index contributed by atoms with van der Waals surface area (Å²) in [6.07, 6.45) is 1.57. The van der Waals surface area contributed by atoms with E-state index in [1.807, 2.05) is 25.1 Å². The van der Waals surface area contributed by atoms with Gasteiger partial charge in [-0.3, -0.25) is 10.2 Å². The molecule has 4 rings (SSSR count). The fraction of sp³-hybridized carbons (Fsp3) is 0.261. The molecule has 0 saturated carbocycles. The molecule has 2 heterocycles. The highest BCUT2D eigenvalue weighted by Gasteiger charge is 2.12. The minimum Gasteiger partial charge on any atom is -0.385 e. The van der Waals surface area contributed by atoms with E-state index >= 15 is 0 Å². The fourth-order valence-electron chi connectivity index (χ4n) is 3.50. The molecular formula is C23H25FN6O. The molecule has 0 radical (unpaired) electrons. The summed E-state index contributed by atoms with van der Waals surface area (Å²) in [7, 11) is 0. The highest BCUT2D eigenvalue weighted by molar-refractivity contribution is 6.01. The van der Waals surface area contributed by atoms with Gasteiger partial charge < -0.3 is 16.0 Å². The van der Waals surface area contributed by atoms with Crippen LogP contribution >= 0.6 is 0 Å². The van der Waals surface area contributed by atoms with Crippen molar-refractivity contribution >= 4 is 28.3 Å². The molecular weight excluding hydrogens is 395 g/mol. The number of anilines is 1. The molecule has 160 valence electrons. The fourth-order valence-corrected chi connectivity index (χ4v) is 3.50. The number of nitrogens with zero attached hydrogens (tertiary/aromatic N) is 2. The molecule has 0 spiro atoms. The number of pyridine rings is 1. The number of halogens is 1. The van der Waals surface area contributed by atoms with Crippen LogP contribution in [0.1, 0.15) is 30.1 Å². The zero-order chi connectivity index (χ0) is 21.6. The third-order valence-corrected chi connectivity index (χ3v) is 5.04. The van der Waals surface area contributed by atoms with Crippen LogP contribution in [0.2, 0.25) is 0 Å². The first-order valence-corrected chi connectivity index (χ1v) is 10.4. The van der Waals surface area contributed by atoms with Crippen molar-refractivity contribution in [2.24, 2.45) is 5.10 Å². The topological polar surface area (TPSA) is 90.4 Å². The zero-order valence-corrected chi connectivity index (χ0v) is 17.3. The van der Waals surface area contributed by atoms with E-state index in [0.717, 1.165) is 47.6 Å². The van der Waals surface area contributed by atoms with Gasteiger partial charge in [-0.15, -0.1) is 0 Å². The van der Waals surface area contributed by atoms with Crippen molar-refractivity contribution in [3.63, 3.8) is 0 Å².